The summed E-state index contributed by atoms with van der Waals surface area (Å²) in [5, 5.41) is 0. The van der Waals surface area contributed by atoms with Gasteiger partial charge in [-0.15, -0.1) is 11.3 Å². The van der Waals surface area contributed by atoms with Gasteiger partial charge in [-0.25, -0.2) is 4.98 Å². The van der Waals surface area contributed by atoms with Crippen molar-refractivity contribution in [3.05, 3.63) is 23.7 Å². The lowest BCUT2D eigenvalue weighted by molar-refractivity contribution is 0.415. The molecule has 0 atom stereocenters. The first-order valence-electron chi connectivity index (χ1n) is 3.21. The molecular weight excluding hydrogens is 158 g/mol. The second kappa shape index (κ2) is 2.51. The summed E-state index contributed by atoms with van der Waals surface area (Å²) in [6, 6.07) is 5.79. The molecule has 2 aromatic rings. The van der Waals surface area contributed by atoms with Crippen molar-refractivity contribution in [3.8, 4) is 5.75 Å². The molecule has 0 spiro atoms. The summed E-state index contributed by atoms with van der Waals surface area (Å²) < 4.78 is 6.17. The first-order chi connectivity index (χ1) is 5.40. The van der Waals surface area contributed by atoms with Crippen LogP contribution in [-0.2, 0) is 0 Å². The van der Waals surface area contributed by atoms with Gasteiger partial charge in [-0.05, 0) is 18.2 Å². The molecule has 0 aliphatic rings. The molecule has 1 aromatic heterocycles. The molecule has 0 saturated carbocycles. The summed E-state index contributed by atoms with van der Waals surface area (Å²) in [5.41, 5.74) is 3.81. The van der Waals surface area contributed by atoms with Crippen LogP contribution >= 0.6 is 11.3 Å². The molecule has 0 fully saturated rings. The molecule has 1 radical (unpaired) electrons. The number of benzene rings is 1. The maximum Gasteiger partial charge on any atom is 0.153 e. The summed E-state index contributed by atoms with van der Waals surface area (Å²) in [5.74, 6) is 0.871. The minimum Gasteiger partial charge on any atom is -0.497 e. The lowest BCUT2D eigenvalue weighted by Crippen LogP contribution is -1.80. The van der Waals surface area contributed by atoms with Crippen LogP contribution in [0.1, 0.15) is 0 Å². The largest absolute Gasteiger partial charge is 0.497 e. The van der Waals surface area contributed by atoms with E-state index in [9.17, 15) is 0 Å². The van der Waals surface area contributed by atoms with Crippen molar-refractivity contribution in [1.82, 2.24) is 4.98 Å². The zero-order valence-electron chi connectivity index (χ0n) is 6.00. The highest BCUT2D eigenvalue weighted by Gasteiger charge is 1.97. The van der Waals surface area contributed by atoms with Gasteiger partial charge in [0.2, 0.25) is 0 Å². The van der Waals surface area contributed by atoms with Gasteiger partial charge in [-0.3, -0.25) is 0 Å². The van der Waals surface area contributed by atoms with Crippen molar-refractivity contribution in [3.63, 3.8) is 0 Å². The lowest BCUT2D eigenvalue weighted by atomic mass is 10.3. The Hall–Kier alpha value is -1.09. The van der Waals surface area contributed by atoms with E-state index >= 15 is 0 Å². The van der Waals surface area contributed by atoms with E-state index in [2.05, 4.69) is 10.5 Å². The van der Waals surface area contributed by atoms with Crippen LogP contribution in [0, 0.1) is 5.51 Å². The van der Waals surface area contributed by atoms with Gasteiger partial charge >= 0.3 is 0 Å². The minimum atomic E-state index is 0.871. The molecule has 2 nitrogen and oxygen atoms in total. The summed E-state index contributed by atoms with van der Waals surface area (Å²) in [6.45, 7) is 0. The van der Waals surface area contributed by atoms with E-state index in [1.165, 1.54) is 11.3 Å². The maximum absolute atomic E-state index is 5.06. The Balaban J connectivity index is 2.67. The van der Waals surface area contributed by atoms with Crippen LogP contribution in [0.5, 0.6) is 5.75 Å². The van der Waals surface area contributed by atoms with E-state index in [0.717, 1.165) is 16.0 Å². The quantitative estimate of drug-likeness (QED) is 0.644. The first-order valence-corrected chi connectivity index (χ1v) is 4.02. The van der Waals surface area contributed by atoms with E-state index in [4.69, 9.17) is 4.74 Å². The van der Waals surface area contributed by atoms with Gasteiger partial charge in [-0.1, -0.05) is 0 Å². The fraction of sp³-hybridized carbons (Fsp3) is 0.125. The zero-order chi connectivity index (χ0) is 7.68. The highest BCUT2D eigenvalue weighted by molar-refractivity contribution is 7.16. The summed E-state index contributed by atoms with van der Waals surface area (Å²) in [6.07, 6.45) is 0. The molecular formula is C8H6NOS. The van der Waals surface area contributed by atoms with Gasteiger partial charge in [0, 0.05) is 0 Å². The van der Waals surface area contributed by atoms with Gasteiger partial charge in [-0.2, -0.15) is 0 Å². The van der Waals surface area contributed by atoms with Crippen molar-refractivity contribution in [1.29, 1.82) is 0 Å². The van der Waals surface area contributed by atoms with Crippen molar-refractivity contribution < 1.29 is 4.74 Å². The molecule has 0 aliphatic carbocycles. The average Bonchev–Trinajstić information content (AvgIpc) is 2.50. The smallest absolute Gasteiger partial charge is 0.153 e. The molecule has 1 aromatic carbocycles. The van der Waals surface area contributed by atoms with Crippen molar-refractivity contribution in [2.45, 2.75) is 0 Å². The SMILES string of the molecule is COc1ccc2n[c]sc2c1. The topological polar surface area (TPSA) is 22.1 Å². The number of hydrogen-bond donors (Lipinski definition) is 0. The Bertz CT molecular complexity index is 369. The van der Waals surface area contributed by atoms with Crippen LogP contribution in [0.25, 0.3) is 10.2 Å². The van der Waals surface area contributed by atoms with Gasteiger partial charge in [0.05, 0.1) is 17.3 Å². The average molecular weight is 164 g/mol. The third-order valence-corrected chi connectivity index (χ3v) is 2.22. The van der Waals surface area contributed by atoms with Crippen LogP contribution in [0.15, 0.2) is 18.2 Å². The molecule has 1 heterocycles. The van der Waals surface area contributed by atoms with E-state index in [0.29, 0.717) is 0 Å². The van der Waals surface area contributed by atoms with E-state index in [-0.39, 0.29) is 0 Å². The van der Waals surface area contributed by atoms with Gasteiger partial charge in [0.1, 0.15) is 5.75 Å². The van der Waals surface area contributed by atoms with Gasteiger partial charge in [0.25, 0.3) is 0 Å². The number of thiazole rings is 1. The molecule has 0 N–H and O–H groups in total. The van der Waals surface area contributed by atoms with E-state index < -0.39 is 0 Å². The molecule has 55 valence electrons. The molecule has 0 unspecified atom stereocenters. The Morgan fingerprint density at radius 2 is 2.45 bits per heavy atom. The predicted octanol–water partition coefficient (Wildman–Crippen LogP) is 2.11. The Labute approximate surface area is 68.5 Å². The molecule has 0 saturated heterocycles. The number of rotatable bonds is 1. The lowest BCUT2D eigenvalue weighted by Gasteiger charge is -1.96. The number of fused-ring (bicyclic) bond motifs is 1. The highest BCUT2D eigenvalue weighted by Crippen LogP contribution is 2.22. The monoisotopic (exact) mass is 164 g/mol. The molecule has 3 heteroatoms. The summed E-state index contributed by atoms with van der Waals surface area (Å²) in [7, 11) is 1.66. The van der Waals surface area contributed by atoms with Crippen molar-refractivity contribution in [2.75, 3.05) is 7.11 Å². The van der Waals surface area contributed by atoms with Crippen LogP contribution in [0.2, 0.25) is 0 Å². The number of nitrogens with zero attached hydrogens (tertiary/aromatic N) is 1. The maximum atomic E-state index is 5.06. The van der Waals surface area contributed by atoms with Gasteiger partial charge < -0.3 is 4.74 Å². The normalized spacial score (nSPS) is 10.3. The predicted molar refractivity (Wildman–Crippen MR) is 45.0 cm³/mol. The van der Waals surface area contributed by atoms with Crippen LogP contribution in [-0.4, -0.2) is 12.1 Å². The third-order valence-electron chi connectivity index (χ3n) is 1.49. The number of ether oxygens (including phenoxy) is 1. The summed E-state index contributed by atoms with van der Waals surface area (Å²) in [4.78, 5) is 4.03. The molecule has 0 bridgehead atoms. The Morgan fingerprint density at radius 3 is 3.27 bits per heavy atom. The second-order valence-corrected chi connectivity index (χ2v) is 2.97. The van der Waals surface area contributed by atoms with Crippen molar-refractivity contribution >= 4 is 21.6 Å². The fourth-order valence-corrected chi connectivity index (χ4v) is 1.55. The standard InChI is InChI=1S/C8H6NOS/c1-10-6-2-3-7-8(4-6)11-5-9-7/h2-4H,1H3. The molecule has 11 heavy (non-hydrogen) atoms. The number of aromatic nitrogens is 1. The summed E-state index contributed by atoms with van der Waals surface area (Å²) >= 11 is 1.50. The Kier molecular flexibility index (Phi) is 1.51. The first kappa shape index (κ1) is 6.61. The number of methoxy groups -OCH3 is 1. The minimum absolute atomic E-state index is 0.871. The van der Waals surface area contributed by atoms with E-state index in [1.807, 2.05) is 18.2 Å². The van der Waals surface area contributed by atoms with Gasteiger partial charge in [0.15, 0.2) is 5.51 Å². The molecule has 2 rings (SSSR count). The second-order valence-electron chi connectivity index (χ2n) is 2.14. The Morgan fingerprint density at radius 1 is 1.55 bits per heavy atom. The zero-order valence-corrected chi connectivity index (χ0v) is 6.81. The highest BCUT2D eigenvalue weighted by atomic mass is 32.1. The van der Waals surface area contributed by atoms with E-state index in [1.54, 1.807) is 7.11 Å². The molecule has 0 amide bonds. The van der Waals surface area contributed by atoms with Crippen LogP contribution in [0.3, 0.4) is 0 Å². The molecule has 0 aliphatic heterocycles. The van der Waals surface area contributed by atoms with Crippen LogP contribution in [0.4, 0.5) is 0 Å². The number of hydrogen-bond acceptors (Lipinski definition) is 3. The third kappa shape index (κ3) is 1.07. The fourth-order valence-electron chi connectivity index (χ4n) is 0.917. The van der Waals surface area contributed by atoms with Crippen molar-refractivity contribution in [2.24, 2.45) is 0 Å². The van der Waals surface area contributed by atoms with Crippen LogP contribution < -0.4 is 4.74 Å².